The Morgan fingerprint density at radius 2 is 2.08 bits per heavy atom. The van der Waals surface area contributed by atoms with Crippen LogP contribution in [0.2, 0.25) is 0 Å². The Kier molecular flexibility index (Phi) is 1.25. The summed E-state index contributed by atoms with van der Waals surface area (Å²) in [5.41, 5.74) is 0.0808. The highest BCUT2D eigenvalue weighted by Gasteiger charge is 2.73. The molecule has 1 saturated heterocycles. The molecule has 0 aromatic rings. The SMILES string of the molecule is O=C(O)C12CC(C3CCOC3)(C1)C2. The third-order valence-corrected chi connectivity index (χ3v) is 4.32. The summed E-state index contributed by atoms with van der Waals surface area (Å²) in [6.45, 7) is 1.75. The van der Waals surface area contributed by atoms with E-state index in [1.165, 1.54) is 0 Å². The van der Waals surface area contributed by atoms with Crippen LogP contribution >= 0.6 is 0 Å². The van der Waals surface area contributed by atoms with Crippen LogP contribution in [0, 0.1) is 16.7 Å². The van der Waals surface area contributed by atoms with Crippen molar-refractivity contribution in [1.82, 2.24) is 0 Å². The van der Waals surface area contributed by atoms with Gasteiger partial charge >= 0.3 is 5.97 Å². The second kappa shape index (κ2) is 2.08. The number of carboxylic acids is 1. The van der Waals surface area contributed by atoms with Crippen molar-refractivity contribution in [2.45, 2.75) is 25.7 Å². The van der Waals surface area contributed by atoms with E-state index in [1.807, 2.05) is 0 Å². The van der Waals surface area contributed by atoms with Crippen molar-refractivity contribution in [3.8, 4) is 0 Å². The number of aliphatic carboxylic acids is 1. The molecule has 72 valence electrons. The van der Waals surface area contributed by atoms with Crippen molar-refractivity contribution in [1.29, 1.82) is 0 Å². The van der Waals surface area contributed by atoms with Gasteiger partial charge in [0.15, 0.2) is 0 Å². The lowest BCUT2D eigenvalue weighted by molar-refractivity contribution is -0.242. The average molecular weight is 182 g/mol. The smallest absolute Gasteiger partial charge is 0.309 e. The van der Waals surface area contributed by atoms with Crippen LogP contribution in [0.25, 0.3) is 0 Å². The molecular weight excluding hydrogens is 168 g/mol. The van der Waals surface area contributed by atoms with Crippen LogP contribution in [0.4, 0.5) is 0 Å². The first-order valence-corrected chi connectivity index (χ1v) is 4.98. The molecule has 3 saturated carbocycles. The van der Waals surface area contributed by atoms with Crippen molar-refractivity contribution in [3.05, 3.63) is 0 Å². The molecule has 4 aliphatic rings. The van der Waals surface area contributed by atoms with Gasteiger partial charge in [-0.3, -0.25) is 4.79 Å². The van der Waals surface area contributed by atoms with Gasteiger partial charge in [0.2, 0.25) is 0 Å². The van der Waals surface area contributed by atoms with Gasteiger partial charge in [-0.25, -0.2) is 0 Å². The molecule has 0 amide bonds. The Hall–Kier alpha value is -0.570. The third-order valence-electron chi connectivity index (χ3n) is 4.32. The van der Waals surface area contributed by atoms with Gasteiger partial charge in [-0.15, -0.1) is 0 Å². The summed E-state index contributed by atoms with van der Waals surface area (Å²) in [6, 6.07) is 0. The van der Waals surface area contributed by atoms with Crippen LogP contribution < -0.4 is 0 Å². The molecule has 1 N–H and O–H groups in total. The van der Waals surface area contributed by atoms with Crippen molar-refractivity contribution < 1.29 is 14.6 Å². The summed E-state index contributed by atoms with van der Waals surface area (Å²) in [7, 11) is 0. The number of hydrogen-bond acceptors (Lipinski definition) is 2. The molecular formula is C10H14O3. The second-order valence-electron chi connectivity index (χ2n) is 5.04. The lowest BCUT2D eigenvalue weighted by Gasteiger charge is -2.70. The fourth-order valence-corrected chi connectivity index (χ4v) is 3.54. The number of ether oxygens (including phenoxy) is 1. The van der Waals surface area contributed by atoms with Crippen LogP contribution in [0.15, 0.2) is 0 Å². The topological polar surface area (TPSA) is 46.5 Å². The number of carboxylic acid groups (broad SMARTS) is 1. The summed E-state index contributed by atoms with van der Waals surface area (Å²) >= 11 is 0. The first kappa shape index (κ1) is 7.80. The largest absolute Gasteiger partial charge is 0.481 e. The Labute approximate surface area is 77.1 Å². The highest BCUT2D eigenvalue weighted by atomic mass is 16.5. The van der Waals surface area contributed by atoms with E-state index in [9.17, 15) is 4.79 Å². The second-order valence-corrected chi connectivity index (χ2v) is 5.04. The average Bonchev–Trinajstić information content (AvgIpc) is 2.31. The van der Waals surface area contributed by atoms with Crippen LogP contribution in [-0.2, 0) is 9.53 Å². The minimum atomic E-state index is -0.576. The molecule has 1 heterocycles. The molecule has 3 nitrogen and oxygen atoms in total. The Balaban J connectivity index is 1.69. The van der Waals surface area contributed by atoms with E-state index in [-0.39, 0.29) is 5.41 Å². The van der Waals surface area contributed by atoms with Gasteiger partial charge in [-0.1, -0.05) is 0 Å². The molecule has 13 heavy (non-hydrogen) atoms. The van der Waals surface area contributed by atoms with Gasteiger partial charge < -0.3 is 9.84 Å². The first-order valence-electron chi connectivity index (χ1n) is 4.98. The predicted molar refractivity (Wildman–Crippen MR) is 45.3 cm³/mol. The first-order chi connectivity index (χ1) is 6.17. The molecule has 0 spiro atoms. The minimum Gasteiger partial charge on any atom is -0.481 e. The van der Waals surface area contributed by atoms with Crippen LogP contribution in [0.5, 0.6) is 0 Å². The molecule has 4 rings (SSSR count). The molecule has 0 radical (unpaired) electrons. The van der Waals surface area contributed by atoms with Crippen molar-refractivity contribution in [2.75, 3.05) is 13.2 Å². The minimum absolute atomic E-state index is 0.303. The highest BCUT2D eigenvalue weighted by molar-refractivity contribution is 5.79. The molecule has 1 aliphatic heterocycles. The quantitative estimate of drug-likeness (QED) is 0.699. The van der Waals surface area contributed by atoms with E-state index in [2.05, 4.69) is 0 Å². The van der Waals surface area contributed by atoms with Gasteiger partial charge in [0.1, 0.15) is 0 Å². The summed E-state index contributed by atoms with van der Waals surface area (Å²) in [4.78, 5) is 10.9. The van der Waals surface area contributed by atoms with E-state index in [0.29, 0.717) is 11.3 Å². The Morgan fingerprint density at radius 1 is 1.38 bits per heavy atom. The fourth-order valence-electron chi connectivity index (χ4n) is 3.54. The maximum atomic E-state index is 10.9. The zero-order valence-corrected chi connectivity index (χ0v) is 7.58. The summed E-state index contributed by atoms with van der Waals surface area (Å²) < 4.78 is 5.35. The maximum absolute atomic E-state index is 10.9. The van der Waals surface area contributed by atoms with E-state index >= 15 is 0 Å². The van der Waals surface area contributed by atoms with Gasteiger partial charge in [0.05, 0.1) is 5.41 Å². The summed E-state index contributed by atoms with van der Waals surface area (Å²) in [5, 5.41) is 8.96. The van der Waals surface area contributed by atoms with Gasteiger partial charge in [-0.05, 0) is 37.0 Å². The third kappa shape index (κ3) is 0.766. The molecule has 1 atom stereocenters. The molecule has 3 aliphatic carbocycles. The maximum Gasteiger partial charge on any atom is 0.309 e. The lowest BCUT2D eigenvalue weighted by Crippen LogP contribution is -2.68. The molecule has 4 fully saturated rings. The normalized spacial score (nSPS) is 52.5. The van der Waals surface area contributed by atoms with E-state index < -0.39 is 5.97 Å². The Bertz CT molecular complexity index is 246. The van der Waals surface area contributed by atoms with Gasteiger partial charge in [-0.2, -0.15) is 0 Å². The van der Waals surface area contributed by atoms with Crippen molar-refractivity contribution in [2.24, 2.45) is 16.7 Å². The van der Waals surface area contributed by atoms with Crippen LogP contribution in [-0.4, -0.2) is 24.3 Å². The molecule has 3 heteroatoms. The molecule has 1 unspecified atom stereocenters. The molecule has 0 aromatic heterocycles. The summed E-state index contributed by atoms with van der Waals surface area (Å²) in [6.07, 6.45) is 3.91. The van der Waals surface area contributed by atoms with Gasteiger partial charge in [0.25, 0.3) is 0 Å². The Morgan fingerprint density at radius 3 is 2.54 bits per heavy atom. The highest BCUT2D eigenvalue weighted by Crippen LogP contribution is 2.77. The number of carbonyl (C=O) groups is 1. The fraction of sp³-hybridized carbons (Fsp3) is 0.900. The zero-order valence-electron chi connectivity index (χ0n) is 7.58. The van der Waals surface area contributed by atoms with Crippen LogP contribution in [0.1, 0.15) is 25.7 Å². The molecule has 2 bridgehead atoms. The number of hydrogen-bond donors (Lipinski definition) is 1. The van der Waals surface area contributed by atoms with E-state index in [1.54, 1.807) is 0 Å². The standard InChI is InChI=1S/C10H14O3/c11-8(12)10-4-9(5-10,6-10)7-1-2-13-3-7/h7H,1-6H2,(H,11,12). The van der Waals surface area contributed by atoms with Crippen LogP contribution in [0.3, 0.4) is 0 Å². The lowest BCUT2D eigenvalue weighted by atomic mass is 9.32. The van der Waals surface area contributed by atoms with Crippen molar-refractivity contribution in [3.63, 3.8) is 0 Å². The molecule has 0 aromatic carbocycles. The zero-order chi connectivity index (χ0) is 9.10. The summed E-state index contributed by atoms with van der Waals surface area (Å²) in [5.74, 6) is 0.0852. The van der Waals surface area contributed by atoms with Crippen molar-refractivity contribution >= 4 is 5.97 Å². The van der Waals surface area contributed by atoms with E-state index in [0.717, 1.165) is 38.9 Å². The monoisotopic (exact) mass is 182 g/mol. The number of rotatable bonds is 2. The van der Waals surface area contributed by atoms with Gasteiger partial charge in [0, 0.05) is 13.2 Å². The van der Waals surface area contributed by atoms with E-state index in [4.69, 9.17) is 9.84 Å². The predicted octanol–water partition coefficient (Wildman–Crippen LogP) is 1.28.